The van der Waals surface area contributed by atoms with E-state index in [4.69, 9.17) is 9.15 Å². The number of rotatable bonds is 8. The minimum Gasteiger partial charge on any atom is -0.484 e. The molecular formula is C21H22FN3O3S. The van der Waals surface area contributed by atoms with Gasteiger partial charge in [-0.25, -0.2) is 4.39 Å². The lowest BCUT2D eigenvalue weighted by Gasteiger charge is -2.20. The third kappa shape index (κ3) is 6.05. The zero-order valence-electron chi connectivity index (χ0n) is 16.5. The van der Waals surface area contributed by atoms with Crippen LogP contribution in [0.5, 0.6) is 5.75 Å². The Morgan fingerprint density at radius 3 is 2.72 bits per heavy atom. The van der Waals surface area contributed by atoms with Gasteiger partial charge in [-0.05, 0) is 43.7 Å². The molecule has 0 aliphatic carbocycles. The normalized spacial score (nSPS) is 11.9. The van der Waals surface area contributed by atoms with Crippen molar-refractivity contribution in [3.63, 3.8) is 0 Å². The SMILES string of the molecule is Cc1ccc(OCc2nnc(SC(C)C(=O)N(C)Cc3cccc(F)c3)o2)cc1. The van der Waals surface area contributed by atoms with Crippen LogP contribution >= 0.6 is 11.8 Å². The van der Waals surface area contributed by atoms with Crippen LogP contribution in [-0.4, -0.2) is 33.3 Å². The Hall–Kier alpha value is -2.87. The molecule has 2 aromatic carbocycles. The number of carbonyl (C=O) groups excluding carboxylic acids is 1. The smallest absolute Gasteiger partial charge is 0.277 e. The molecule has 152 valence electrons. The molecule has 29 heavy (non-hydrogen) atoms. The molecule has 0 saturated heterocycles. The zero-order valence-corrected chi connectivity index (χ0v) is 17.3. The highest BCUT2D eigenvalue weighted by Gasteiger charge is 2.22. The first-order valence-electron chi connectivity index (χ1n) is 9.08. The minimum atomic E-state index is -0.431. The second-order valence-corrected chi connectivity index (χ2v) is 7.94. The quantitative estimate of drug-likeness (QED) is 0.513. The van der Waals surface area contributed by atoms with Gasteiger partial charge in [-0.1, -0.05) is 41.6 Å². The molecular weight excluding hydrogens is 393 g/mol. The van der Waals surface area contributed by atoms with E-state index in [-0.39, 0.29) is 18.3 Å². The van der Waals surface area contributed by atoms with Gasteiger partial charge in [-0.2, -0.15) is 0 Å². The fraction of sp³-hybridized carbons (Fsp3) is 0.286. The van der Waals surface area contributed by atoms with Crippen molar-refractivity contribution in [3.8, 4) is 5.75 Å². The standard InChI is InChI=1S/C21H22FN3O3S/c1-14-7-9-18(10-8-14)27-13-19-23-24-21(28-19)29-15(2)20(26)25(3)12-16-5-4-6-17(22)11-16/h4-11,15H,12-13H2,1-3H3. The van der Waals surface area contributed by atoms with E-state index in [0.29, 0.717) is 23.4 Å². The van der Waals surface area contributed by atoms with Crippen LogP contribution in [0.15, 0.2) is 58.2 Å². The summed E-state index contributed by atoms with van der Waals surface area (Å²) in [6.45, 7) is 4.24. The first-order valence-corrected chi connectivity index (χ1v) is 9.96. The van der Waals surface area contributed by atoms with Crippen molar-refractivity contribution in [2.75, 3.05) is 7.05 Å². The molecule has 1 heterocycles. The van der Waals surface area contributed by atoms with Gasteiger partial charge in [0.2, 0.25) is 5.91 Å². The van der Waals surface area contributed by atoms with E-state index in [9.17, 15) is 9.18 Å². The van der Waals surface area contributed by atoms with Gasteiger partial charge in [0.25, 0.3) is 11.1 Å². The van der Waals surface area contributed by atoms with Crippen LogP contribution in [0.2, 0.25) is 0 Å². The summed E-state index contributed by atoms with van der Waals surface area (Å²) < 4.78 is 24.5. The lowest BCUT2D eigenvalue weighted by atomic mass is 10.2. The van der Waals surface area contributed by atoms with E-state index in [1.165, 1.54) is 23.9 Å². The van der Waals surface area contributed by atoms with Crippen LogP contribution in [0.3, 0.4) is 0 Å². The summed E-state index contributed by atoms with van der Waals surface area (Å²) in [6, 6.07) is 13.9. The van der Waals surface area contributed by atoms with Crippen molar-refractivity contribution in [3.05, 3.63) is 71.4 Å². The van der Waals surface area contributed by atoms with Crippen LogP contribution in [-0.2, 0) is 17.9 Å². The van der Waals surface area contributed by atoms with E-state index in [1.807, 2.05) is 31.2 Å². The fourth-order valence-corrected chi connectivity index (χ4v) is 3.44. The van der Waals surface area contributed by atoms with Crippen LogP contribution in [0.4, 0.5) is 4.39 Å². The molecule has 0 bridgehead atoms. The Kier molecular flexibility index (Phi) is 6.87. The Morgan fingerprint density at radius 2 is 2.00 bits per heavy atom. The van der Waals surface area contributed by atoms with Crippen molar-refractivity contribution in [2.24, 2.45) is 0 Å². The number of thioether (sulfide) groups is 1. The Bertz CT molecular complexity index is 962. The van der Waals surface area contributed by atoms with Crippen molar-refractivity contribution in [1.29, 1.82) is 0 Å². The molecule has 0 saturated carbocycles. The molecule has 0 radical (unpaired) electrons. The van der Waals surface area contributed by atoms with E-state index in [1.54, 1.807) is 31.0 Å². The van der Waals surface area contributed by atoms with Gasteiger partial charge in [0.1, 0.15) is 11.6 Å². The molecule has 0 fully saturated rings. The summed E-state index contributed by atoms with van der Waals surface area (Å²) in [6.07, 6.45) is 0. The number of carbonyl (C=O) groups is 1. The van der Waals surface area contributed by atoms with Gasteiger partial charge in [0.05, 0.1) is 5.25 Å². The average molecular weight is 415 g/mol. The fourth-order valence-electron chi connectivity index (χ4n) is 2.62. The number of hydrogen-bond acceptors (Lipinski definition) is 6. The number of aryl methyl sites for hydroxylation is 1. The number of nitrogens with zero attached hydrogens (tertiary/aromatic N) is 3. The summed E-state index contributed by atoms with van der Waals surface area (Å²) in [4.78, 5) is 14.1. The van der Waals surface area contributed by atoms with Crippen LogP contribution < -0.4 is 4.74 Å². The van der Waals surface area contributed by atoms with Crippen LogP contribution in [0, 0.1) is 12.7 Å². The molecule has 1 amide bonds. The van der Waals surface area contributed by atoms with Crippen molar-refractivity contribution < 1.29 is 18.3 Å². The Labute approximate surface area is 173 Å². The predicted molar refractivity (Wildman–Crippen MR) is 108 cm³/mol. The molecule has 0 N–H and O–H groups in total. The van der Waals surface area contributed by atoms with Crippen LogP contribution in [0.1, 0.15) is 23.9 Å². The number of benzene rings is 2. The first kappa shape index (κ1) is 20.9. The van der Waals surface area contributed by atoms with Crippen LogP contribution in [0.25, 0.3) is 0 Å². The summed E-state index contributed by atoms with van der Waals surface area (Å²) in [5, 5.41) is 7.79. The van der Waals surface area contributed by atoms with Crippen molar-refractivity contribution >= 4 is 17.7 Å². The third-order valence-corrected chi connectivity index (χ3v) is 5.06. The van der Waals surface area contributed by atoms with E-state index in [0.717, 1.165) is 11.1 Å². The van der Waals surface area contributed by atoms with E-state index < -0.39 is 5.25 Å². The predicted octanol–water partition coefficient (Wildman–Crippen LogP) is 4.24. The molecule has 8 heteroatoms. The number of aromatic nitrogens is 2. The van der Waals surface area contributed by atoms with Gasteiger partial charge in [0, 0.05) is 13.6 Å². The second kappa shape index (κ2) is 9.56. The zero-order chi connectivity index (χ0) is 20.8. The summed E-state index contributed by atoms with van der Waals surface area (Å²) in [5.74, 6) is 0.610. The van der Waals surface area contributed by atoms with E-state index in [2.05, 4.69) is 10.2 Å². The highest BCUT2D eigenvalue weighted by molar-refractivity contribution is 8.00. The topological polar surface area (TPSA) is 68.5 Å². The molecule has 0 aliphatic heterocycles. The highest BCUT2D eigenvalue weighted by Crippen LogP contribution is 2.24. The maximum atomic E-state index is 13.3. The largest absolute Gasteiger partial charge is 0.484 e. The van der Waals surface area contributed by atoms with Gasteiger partial charge in [-0.3, -0.25) is 4.79 Å². The lowest BCUT2D eigenvalue weighted by Crippen LogP contribution is -2.32. The number of amides is 1. The maximum absolute atomic E-state index is 13.3. The molecule has 3 rings (SSSR count). The summed E-state index contributed by atoms with van der Waals surface area (Å²) in [5.41, 5.74) is 1.88. The van der Waals surface area contributed by atoms with Gasteiger partial charge < -0.3 is 14.1 Å². The van der Waals surface area contributed by atoms with Crippen molar-refractivity contribution in [1.82, 2.24) is 15.1 Å². The maximum Gasteiger partial charge on any atom is 0.277 e. The number of hydrogen-bond donors (Lipinski definition) is 0. The highest BCUT2D eigenvalue weighted by atomic mass is 32.2. The molecule has 0 aliphatic rings. The molecule has 1 atom stereocenters. The number of ether oxygens (including phenoxy) is 1. The van der Waals surface area contributed by atoms with E-state index >= 15 is 0 Å². The first-order chi connectivity index (χ1) is 13.9. The Morgan fingerprint density at radius 1 is 1.24 bits per heavy atom. The average Bonchev–Trinajstić information content (AvgIpc) is 3.14. The lowest BCUT2D eigenvalue weighted by molar-refractivity contribution is -0.129. The van der Waals surface area contributed by atoms with Crippen molar-refractivity contribution in [2.45, 2.75) is 37.5 Å². The molecule has 6 nitrogen and oxygen atoms in total. The van der Waals surface area contributed by atoms with Gasteiger partial charge >= 0.3 is 0 Å². The molecule has 1 unspecified atom stereocenters. The van der Waals surface area contributed by atoms with Gasteiger partial charge in [-0.15, -0.1) is 10.2 Å². The summed E-state index contributed by atoms with van der Waals surface area (Å²) >= 11 is 1.18. The molecule has 1 aromatic heterocycles. The third-order valence-electron chi connectivity index (χ3n) is 4.14. The summed E-state index contributed by atoms with van der Waals surface area (Å²) in [7, 11) is 1.68. The van der Waals surface area contributed by atoms with Gasteiger partial charge in [0.15, 0.2) is 6.61 Å². The molecule has 3 aromatic rings. The minimum absolute atomic E-state index is 0.116. The number of halogens is 1. The second-order valence-electron chi connectivity index (χ2n) is 6.65. The molecule has 0 spiro atoms. The Balaban J connectivity index is 1.51. The monoisotopic (exact) mass is 415 g/mol.